The van der Waals surface area contributed by atoms with Gasteiger partial charge in [-0.15, -0.1) is 0 Å². The van der Waals surface area contributed by atoms with Gasteiger partial charge < -0.3 is 10.1 Å². The van der Waals surface area contributed by atoms with Crippen LogP contribution < -0.4 is 5.32 Å². The summed E-state index contributed by atoms with van der Waals surface area (Å²) in [6, 6.07) is 26.8. The Kier molecular flexibility index (Phi) is 5.20. The lowest BCUT2D eigenvalue weighted by atomic mass is 9.81. The molecule has 1 heterocycles. The zero-order valence-corrected chi connectivity index (χ0v) is 17.7. The largest absolute Gasteiger partial charge is 0.464 e. The number of nitrogens with one attached hydrogen (secondary N) is 1. The lowest BCUT2D eigenvalue weighted by molar-refractivity contribution is -0.145. The Balaban J connectivity index is 1.72. The molecule has 4 nitrogen and oxygen atoms in total. The zero-order valence-electron chi connectivity index (χ0n) is 17.7. The van der Waals surface area contributed by atoms with Crippen LogP contribution in [0.3, 0.4) is 0 Å². The summed E-state index contributed by atoms with van der Waals surface area (Å²) >= 11 is 0. The Bertz CT molecular complexity index is 1240. The molecule has 0 spiro atoms. The average Bonchev–Trinajstić information content (AvgIpc) is 3.40. The van der Waals surface area contributed by atoms with Crippen molar-refractivity contribution < 1.29 is 14.3 Å². The molecule has 0 bridgehead atoms. The van der Waals surface area contributed by atoms with Crippen molar-refractivity contribution in [2.24, 2.45) is 0 Å². The number of Topliss-reactive ketones (excluding diaryl/α,β-unsaturated/α-hetero) is 1. The predicted octanol–water partition coefficient (Wildman–Crippen LogP) is 5.00. The van der Waals surface area contributed by atoms with Gasteiger partial charge in [0.05, 0.1) is 6.61 Å². The molecule has 3 aromatic carbocycles. The van der Waals surface area contributed by atoms with Gasteiger partial charge in [-0.25, -0.2) is 4.79 Å². The molecule has 0 saturated carbocycles. The summed E-state index contributed by atoms with van der Waals surface area (Å²) in [4.78, 5) is 26.4. The molecule has 0 amide bonds. The van der Waals surface area contributed by atoms with Gasteiger partial charge in [-0.05, 0) is 34.8 Å². The van der Waals surface area contributed by atoms with Crippen LogP contribution in [0.25, 0.3) is 11.1 Å². The first-order valence-corrected chi connectivity index (χ1v) is 10.8. The fraction of sp³-hybridized carbons (Fsp3) is 0.143. The molecule has 4 heteroatoms. The van der Waals surface area contributed by atoms with Gasteiger partial charge in [0.1, 0.15) is 6.04 Å². The summed E-state index contributed by atoms with van der Waals surface area (Å²) in [5.74, 6) is -0.566. The summed E-state index contributed by atoms with van der Waals surface area (Å²) in [5.41, 5.74) is 5.93. The quantitative estimate of drug-likeness (QED) is 0.590. The molecule has 1 aliphatic heterocycles. The van der Waals surface area contributed by atoms with Crippen molar-refractivity contribution in [3.05, 3.63) is 119 Å². The number of carbonyl (C=O) groups is 2. The molecule has 0 radical (unpaired) electrons. The SMILES string of the molecule is CCOC(=O)C1NC=C(C2=C(c3ccccc3)C(=O)c3ccccc32)C1c1ccccc1. The molecule has 2 atom stereocenters. The molecule has 0 aromatic heterocycles. The maximum Gasteiger partial charge on any atom is 0.329 e. The van der Waals surface area contributed by atoms with E-state index in [0.29, 0.717) is 17.7 Å². The van der Waals surface area contributed by atoms with Gasteiger partial charge >= 0.3 is 5.97 Å². The highest BCUT2D eigenvalue weighted by Gasteiger charge is 2.42. The van der Waals surface area contributed by atoms with Crippen molar-refractivity contribution in [2.45, 2.75) is 18.9 Å². The number of hydrogen-bond donors (Lipinski definition) is 1. The summed E-state index contributed by atoms with van der Waals surface area (Å²) < 4.78 is 5.37. The monoisotopic (exact) mass is 421 g/mol. The minimum absolute atomic E-state index is 0.00842. The third-order valence-corrected chi connectivity index (χ3v) is 6.06. The number of ether oxygens (including phenoxy) is 1. The van der Waals surface area contributed by atoms with Crippen molar-refractivity contribution >= 4 is 22.9 Å². The lowest BCUT2D eigenvalue weighted by Crippen LogP contribution is -2.36. The van der Waals surface area contributed by atoms with Crippen LogP contribution in [0.5, 0.6) is 0 Å². The highest BCUT2D eigenvalue weighted by Crippen LogP contribution is 2.48. The lowest BCUT2D eigenvalue weighted by Gasteiger charge is -2.23. The van der Waals surface area contributed by atoms with Gasteiger partial charge in [-0.1, -0.05) is 84.9 Å². The number of carbonyl (C=O) groups excluding carboxylic acids is 2. The Morgan fingerprint density at radius 3 is 2.16 bits per heavy atom. The van der Waals surface area contributed by atoms with Crippen LogP contribution in [0.2, 0.25) is 0 Å². The Labute approximate surface area is 187 Å². The van der Waals surface area contributed by atoms with E-state index in [1.54, 1.807) is 6.92 Å². The zero-order chi connectivity index (χ0) is 22.1. The van der Waals surface area contributed by atoms with Gasteiger partial charge in [0.15, 0.2) is 5.78 Å². The van der Waals surface area contributed by atoms with Crippen LogP contribution in [0.4, 0.5) is 0 Å². The number of rotatable bonds is 5. The van der Waals surface area contributed by atoms with Crippen LogP contribution in [-0.2, 0) is 9.53 Å². The van der Waals surface area contributed by atoms with Gasteiger partial charge in [-0.3, -0.25) is 4.79 Å². The smallest absolute Gasteiger partial charge is 0.329 e. The highest BCUT2D eigenvalue weighted by atomic mass is 16.5. The number of benzene rings is 3. The standard InChI is InChI=1S/C28H23NO3/c1-2-32-28(31)26-23(18-11-5-3-6-12-18)22(17-29-26)25-20-15-9-10-16-21(20)27(30)24(25)19-13-7-4-8-14-19/h3-17,23,26,29H,2H2,1H3. The summed E-state index contributed by atoms with van der Waals surface area (Å²) in [6.45, 7) is 2.12. The fourth-order valence-corrected chi connectivity index (χ4v) is 4.70. The molecule has 2 unspecified atom stereocenters. The average molecular weight is 421 g/mol. The third kappa shape index (κ3) is 3.25. The number of allylic oxidation sites excluding steroid dienone is 2. The molecular formula is C28H23NO3. The van der Waals surface area contributed by atoms with Crippen molar-refractivity contribution in [3.8, 4) is 0 Å². The van der Waals surface area contributed by atoms with E-state index in [2.05, 4.69) is 5.32 Å². The topological polar surface area (TPSA) is 55.4 Å². The Hall–Kier alpha value is -3.92. The van der Waals surface area contributed by atoms with Crippen LogP contribution in [0.1, 0.15) is 39.9 Å². The predicted molar refractivity (Wildman–Crippen MR) is 125 cm³/mol. The molecule has 0 saturated heterocycles. The van der Waals surface area contributed by atoms with Crippen LogP contribution in [0, 0.1) is 0 Å². The van der Waals surface area contributed by atoms with Crippen molar-refractivity contribution in [3.63, 3.8) is 0 Å². The van der Waals surface area contributed by atoms with Crippen molar-refractivity contribution in [1.29, 1.82) is 0 Å². The van der Waals surface area contributed by atoms with E-state index in [1.165, 1.54) is 0 Å². The number of fused-ring (bicyclic) bond motifs is 1. The molecule has 1 N–H and O–H groups in total. The molecule has 5 rings (SSSR count). The van der Waals surface area contributed by atoms with Crippen LogP contribution in [-0.4, -0.2) is 24.4 Å². The number of hydrogen-bond acceptors (Lipinski definition) is 4. The van der Waals surface area contributed by atoms with Gasteiger partial charge in [-0.2, -0.15) is 0 Å². The molecule has 1 aliphatic carbocycles. The first-order valence-electron chi connectivity index (χ1n) is 10.8. The summed E-state index contributed by atoms with van der Waals surface area (Å²) in [7, 11) is 0. The van der Waals surface area contributed by atoms with E-state index in [0.717, 1.165) is 27.8 Å². The minimum Gasteiger partial charge on any atom is -0.464 e. The van der Waals surface area contributed by atoms with E-state index in [1.807, 2.05) is 91.1 Å². The van der Waals surface area contributed by atoms with E-state index in [9.17, 15) is 9.59 Å². The van der Waals surface area contributed by atoms with Crippen molar-refractivity contribution in [1.82, 2.24) is 5.32 Å². The summed E-state index contributed by atoms with van der Waals surface area (Å²) in [5, 5.41) is 3.25. The van der Waals surface area contributed by atoms with E-state index in [-0.39, 0.29) is 17.7 Å². The Morgan fingerprint density at radius 2 is 1.47 bits per heavy atom. The molecular weight excluding hydrogens is 398 g/mol. The van der Waals surface area contributed by atoms with E-state index in [4.69, 9.17) is 4.74 Å². The van der Waals surface area contributed by atoms with Gasteiger partial charge in [0, 0.05) is 23.3 Å². The van der Waals surface area contributed by atoms with E-state index >= 15 is 0 Å². The number of esters is 1. The third-order valence-electron chi connectivity index (χ3n) is 6.06. The normalized spacial score (nSPS) is 19.4. The second-order valence-corrected chi connectivity index (χ2v) is 7.88. The highest BCUT2D eigenvalue weighted by molar-refractivity contribution is 6.41. The molecule has 2 aliphatic rings. The summed E-state index contributed by atoms with van der Waals surface area (Å²) in [6.07, 6.45) is 1.88. The maximum absolute atomic E-state index is 13.5. The minimum atomic E-state index is -0.556. The van der Waals surface area contributed by atoms with Crippen LogP contribution >= 0.6 is 0 Å². The van der Waals surface area contributed by atoms with E-state index < -0.39 is 6.04 Å². The van der Waals surface area contributed by atoms with Crippen LogP contribution in [0.15, 0.2) is 96.7 Å². The first-order chi connectivity index (χ1) is 15.7. The first kappa shape index (κ1) is 20.0. The maximum atomic E-state index is 13.5. The van der Waals surface area contributed by atoms with Crippen molar-refractivity contribution in [2.75, 3.05) is 6.61 Å². The molecule has 158 valence electrons. The molecule has 3 aromatic rings. The Morgan fingerprint density at radius 1 is 0.844 bits per heavy atom. The van der Waals surface area contributed by atoms with Gasteiger partial charge in [0.2, 0.25) is 0 Å². The number of ketones is 1. The molecule has 0 fully saturated rings. The second kappa shape index (κ2) is 8.31. The molecule has 32 heavy (non-hydrogen) atoms. The fourth-order valence-electron chi connectivity index (χ4n) is 4.70. The second-order valence-electron chi connectivity index (χ2n) is 7.88. The van der Waals surface area contributed by atoms with Gasteiger partial charge in [0.25, 0.3) is 0 Å².